The highest BCUT2D eigenvalue weighted by molar-refractivity contribution is 6.62. The Balaban J connectivity index is 1.71. The summed E-state index contributed by atoms with van der Waals surface area (Å²) in [5, 5.41) is 20.2. The van der Waals surface area contributed by atoms with E-state index >= 15 is 0 Å². The second-order valence-corrected chi connectivity index (χ2v) is 8.03. The molecule has 2 N–H and O–H groups in total. The molecular weight excluding hydrogens is 371 g/mol. The van der Waals surface area contributed by atoms with Crippen LogP contribution < -0.4 is 10.2 Å². The number of carbonyl (C=O) groups is 1. The summed E-state index contributed by atoms with van der Waals surface area (Å²) in [6.07, 6.45) is 4.67. The molecule has 7 nitrogen and oxygen atoms in total. The van der Waals surface area contributed by atoms with Crippen LogP contribution in [0.25, 0.3) is 0 Å². The minimum absolute atomic E-state index is 0.138. The highest BCUT2D eigenvalue weighted by atomic mass is 16.5. The number of Topliss-reactive ketones (excluding diaryl/α,β-unsaturated/α-hetero) is 1. The Kier molecular flexibility index (Phi) is 6.36. The maximum Gasteiger partial charge on any atom is 0.492 e. The van der Waals surface area contributed by atoms with E-state index in [1.54, 1.807) is 19.9 Å². The molecule has 1 aromatic heterocycles. The lowest BCUT2D eigenvalue weighted by atomic mass is 9.76. The molecule has 3 rings (SSSR count). The molecule has 1 aliphatic rings. The molecule has 0 spiro atoms. The Bertz CT molecular complexity index is 880. The quantitative estimate of drug-likeness (QED) is 0.521. The number of ether oxygens (including phenoxy) is 1. The zero-order valence-electron chi connectivity index (χ0n) is 17.3. The van der Waals surface area contributed by atoms with E-state index in [1.807, 2.05) is 19.9 Å². The predicted molar refractivity (Wildman–Crippen MR) is 109 cm³/mol. The fourth-order valence-corrected chi connectivity index (χ4v) is 3.60. The van der Waals surface area contributed by atoms with E-state index in [4.69, 9.17) is 9.39 Å². The van der Waals surface area contributed by atoms with Crippen molar-refractivity contribution in [3.05, 3.63) is 41.3 Å². The normalized spacial score (nSPS) is 14.6. The number of aliphatic hydroxyl groups is 1. The van der Waals surface area contributed by atoms with Crippen LogP contribution in [0.15, 0.2) is 24.5 Å². The topological polar surface area (TPSA) is 102 Å². The van der Waals surface area contributed by atoms with Crippen molar-refractivity contribution in [2.24, 2.45) is 5.92 Å². The van der Waals surface area contributed by atoms with E-state index in [0.29, 0.717) is 12.4 Å². The van der Waals surface area contributed by atoms with E-state index in [9.17, 15) is 14.9 Å². The third-order valence-electron chi connectivity index (χ3n) is 5.40. The van der Waals surface area contributed by atoms with Gasteiger partial charge in [-0.2, -0.15) is 0 Å². The van der Waals surface area contributed by atoms with Crippen LogP contribution in [0.5, 0.6) is 11.6 Å². The minimum atomic E-state index is -0.952. The van der Waals surface area contributed by atoms with Gasteiger partial charge in [0, 0.05) is 6.42 Å². The van der Waals surface area contributed by atoms with Gasteiger partial charge >= 0.3 is 7.12 Å². The number of nitrogens with zero attached hydrogens (tertiary/aromatic N) is 2. The monoisotopic (exact) mass is 398 g/mol. The Morgan fingerprint density at radius 1 is 1.34 bits per heavy atom. The highest BCUT2D eigenvalue weighted by Crippen LogP contribution is 2.28. The lowest BCUT2D eigenvalue weighted by Gasteiger charge is -2.28. The lowest BCUT2D eigenvalue weighted by molar-refractivity contribution is 0.00981. The van der Waals surface area contributed by atoms with Crippen molar-refractivity contribution in [1.29, 1.82) is 0 Å². The number of hydrogen-bond donors (Lipinski definition) is 2. The smallest absolute Gasteiger partial charge is 0.437 e. The highest BCUT2D eigenvalue weighted by Gasteiger charge is 2.31. The van der Waals surface area contributed by atoms with Crippen LogP contribution in [-0.4, -0.2) is 38.6 Å². The maximum absolute atomic E-state index is 12.6. The van der Waals surface area contributed by atoms with Gasteiger partial charge in [-0.15, -0.1) is 0 Å². The molecule has 1 aliphatic heterocycles. The van der Waals surface area contributed by atoms with Gasteiger partial charge in [0.15, 0.2) is 5.78 Å². The van der Waals surface area contributed by atoms with Crippen LogP contribution in [0.1, 0.15) is 61.6 Å². The summed E-state index contributed by atoms with van der Waals surface area (Å²) in [5.74, 6) is 0.511. The average molecular weight is 398 g/mol. The molecule has 0 bridgehead atoms. The van der Waals surface area contributed by atoms with E-state index in [0.717, 1.165) is 29.4 Å². The molecule has 0 fully saturated rings. The predicted octanol–water partition coefficient (Wildman–Crippen LogP) is 2.56. The molecule has 154 valence electrons. The second-order valence-electron chi connectivity index (χ2n) is 8.03. The maximum atomic E-state index is 12.6. The first kappa shape index (κ1) is 21.4. The molecule has 8 heteroatoms. The third kappa shape index (κ3) is 4.83. The van der Waals surface area contributed by atoms with Crippen LogP contribution in [-0.2, 0) is 11.3 Å². The van der Waals surface area contributed by atoms with E-state index < -0.39 is 12.7 Å². The molecule has 0 saturated heterocycles. The largest absolute Gasteiger partial charge is 0.492 e. The fraction of sp³-hybridized carbons (Fsp3) is 0.476. The van der Waals surface area contributed by atoms with Crippen molar-refractivity contribution in [2.75, 3.05) is 0 Å². The van der Waals surface area contributed by atoms with Crippen LogP contribution in [0, 0.1) is 12.8 Å². The van der Waals surface area contributed by atoms with Crippen LogP contribution in [0.3, 0.4) is 0 Å². The Morgan fingerprint density at radius 2 is 2.10 bits per heavy atom. The minimum Gasteiger partial charge on any atom is -0.437 e. The first-order valence-corrected chi connectivity index (χ1v) is 9.88. The molecule has 0 saturated carbocycles. The van der Waals surface area contributed by atoms with Gasteiger partial charge in [-0.1, -0.05) is 19.4 Å². The first-order chi connectivity index (χ1) is 13.7. The van der Waals surface area contributed by atoms with Crippen molar-refractivity contribution in [3.8, 4) is 11.6 Å². The van der Waals surface area contributed by atoms with Gasteiger partial charge in [0.25, 0.3) is 0 Å². The van der Waals surface area contributed by atoms with Gasteiger partial charge in [-0.05, 0) is 55.8 Å². The van der Waals surface area contributed by atoms with Crippen LogP contribution in [0.2, 0.25) is 0 Å². The summed E-state index contributed by atoms with van der Waals surface area (Å²) in [6.45, 7) is 7.70. The number of ketones is 1. The van der Waals surface area contributed by atoms with Gasteiger partial charge < -0.3 is 19.5 Å². The van der Waals surface area contributed by atoms with Crippen molar-refractivity contribution >= 4 is 18.4 Å². The molecule has 29 heavy (non-hydrogen) atoms. The summed E-state index contributed by atoms with van der Waals surface area (Å²) in [6, 6.07) is 3.65. The second kappa shape index (κ2) is 8.61. The summed E-state index contributed by atoms with van der Waals surface area (Å²) in [7, 11) is -0.952. The van der Waals surface area contributed by atoms with Gasteiger partial charge in [0.2, 0.25) is 5.88 Å². The number of rotatable bonds is 8. The third-order valence-corrected chi connectivity index (χ3v) is 5.40. The molecule has 1 aromatic carbocycles. The van der Waals surface area contributed by atoms with Crippen LogP contribution in [0.4, 0.5) is 0 Å². The van der Waals surface area contributed by atoms with Gasteiger partial charge in [0.05, 0.1) is 24.6 Å². The summed E-state index contributed by atoms with van der Waals surface area (Å²) < 4.78 is 11.0. The zero-order chi connectivity index (χ0) is 21.2. The number of fused-ring (bicyclic) bond motifs is 1. The summed E-state index contributed by atoms with van der Waals surface area (Å²) in [5.41, 5.74) is 1.75. The Labute approximate surface area is 171 Å². The molecule has 1 atom stereocenters. The molecule has 0 radical (unpaired) electrons. The summed E-state index contributed by atoms with van der Waals surface area (Å²) >= 11 is 0. The average Bonchev–Trinajstić information content (AvgIpc) is 3.05. The standard InChI is InChI=1S/C21H27BN2O5/c1-5-6-15(21(3,4)26)9-17(25)16-10-24-19(11-23-16)29-18-8-7-14-12-28-22(27)20(14)13(18)2/h7-8,10-11,15,26-27H,5-6,9,12H2,1-4H3/t15-/m1/s1. The zero-order valence-corrected chi connectivity index (χ0v) is 17.3. The number of hydrogen-bond acceptors (Lipinski definition) is 7. The van der Waals surface area contributed by atoms with E-state index in [1.165, 1.54) is 12.4 Å². The Hall–Kier alpha value is -2.29. The number of benzene rings is 1. The van der Waals surface area contributed by atoms with E-state index in [-0.39, 0.29) is 29.7 Å². The van der Waals surface area contributed by atoms with E-state index in [2.05, 4.69) is 9.97 Å². The number of carbonyl (C=O) groups excluding carboxylic acids is 1. The van der Waals surface area contributed by atoms with Crippen molar-refractivity contribution in [1.82, 2.24) is 9.97 Å². The van der Waals surface area contributed by atoms with Gasteiger partial charge in [0.1, 0.15) is 11.4 Å². The van der Waals surface area contributed by atoms with Gasteiger partial charge in [-0.25, -0.2) is 9.97 Å². The fourth-order valence-electron chi connectivity index (χ4n) is 3.60. The molecule has 2 aromatic rings. The Morgan fingerprint density at radius 3 is 2.72 bits per heavy atom. The van der Waals surface area contributed by atoms with Crippen molar-refractivity contribution in [3.63, 3.8) is 0 Å². The number of aromatic nitrogens is 2. The lowest BCUT2D eigenvalue weighted by Crippen LogP contribution is -2.32. The first-order valence-electron chi connectivity index (χ1n) is 9.88. The summed E-state index contributed by atoms with van der Waals surface area (Å²) in [4.78, 5) is 21.0. The van der Waals surface area contributed by atoms with Crippen molar-refractivity contribution in [2.45, 2.75) is 59.2 Å². The van der Waals surface area contributed by atoms with Gasteiger partial charge in [-0.3, -0.25) is 4.79 Å². The SMILES string of the molecule is CCC[C@H](CC(=O)c1cnc(Oc2ccc3c(c2C)B(O)OC3)cn1)C(C)(C)O. The molecule has 0 amide bonds. The molecular formula is C21H27BN2O5. The van der Waals surface area contributed by atoms with Crippen molar-refractivity contribution < 1.29 is 24.3 Å². The van der Waals surface area contributed by atoms with Crippen LogP contribution >= 0.6 is 0 Å². The molecule has 0 unspecified atom stereocenters. The molecule has 2 heterocycles. The molecule has 0 aliphatic carbocycles.